The molecule has 0 spiro atoms. The van der Waals surface area contributed by atoms with Gasteiger partial charge in [0.05, 0.1) is 22.4 Å². The first-order valence-corrected chi connectivity index (χ1v) is 12.3. The summed E-state index contributed by atoms with van der Waals surface area (Å²) >= 11 is 1.60. The second-order valence-electron chi connectivity index (χ2n) is 8.97. The second kappa shape index (κ2) is 10.7. The van der Waals surface area contributed by atoms with Crippen LogP contribution in [0.1, 0.15) is 35.6 Å². The van der Waals surface area contributed by atoms with Crippen LogP contribution in [0.4, 0.5) is 5.69 Å². The fourth-order valence-corrected chi connectivity index (χ4v) is 4.65. The Bertz CT molecular complexity index is 1290. The standard InChI is InChI=1S/C29H28N2O3S/c1-29(2,28(33)34-3)18-17-26-30-19-25(35-26)22-9-11-23(12-10-22)27(32)31-24-15-13-21(14-16-24)20-7-5-4-6-8-20/h4-16,19H,17-18H2,1-3H3,(H,31,32). The maximum Gasteiger partial charge on any atom is 0.311 e. The van der Waals surface area contributed by atoms with Crippen LogP contribution in [0.3, 0.4) is 0 Å². The van der Waals surface area contributed by atoms with Gasteiger partial charge in [0, 0.05) is 23.9 Å². The first-order chi connectivity index (χ1) is 16.9. The number of aromatic nitrogens is 1. The van der Waals surface area contributed by atoms with E-state index in [2.05, 4.69) is 22.4 Å². The number of anilines is 1. The summed E-state index contributed by atoms with van der Waals surface area (Å²) in [6.07, 6.45) is 3.21. The number of esters is 1. The predicted molar refractivity (Wildman–Crippen MR) is 141 cm³/mol. The Hall–Kier alpha value is -3.77. The highest BCUT2D eigenvalue weighted by atomic mass is 32.1. The van der Waals surface area contributed by atoms with E-state index >= 15 is 0 Å². The maximum atomic E-state index is 12.7. The summed E-state index contributed by atoms with van der Waals surface area (Å²) in [7, 11) is 1.41. The van der Waals surface area contributed by atoms with E-state index in [0.717, 1.165) is 32.3 Å². The molecule has 35 heavy (non-hydrogen) atoms. The van der Waals surface area contributed by atoms with Crippen molar-refractivity contribution in [3.63, 3.8) is 0 Å². The summed E-state index contributed by atoms with van der Waals surface area (Å²) < 4.78 is 4.88. The molecule has 0 bridgehead atoms. The second-order valence-corrected chi connectivity index (χ2v) is 10.1. The molecule has 6 heteroatoms. The lowest BCUT2D eigenvalue weighted by Crippen LogP contribution is -2.26. The highest BCUT2D eigenvalue weighted by molar-refractivity contribution is 7.15. The fraction of sp³-hybridized carbons (Fsp3) is 0.207. The van der Waals surface area contributed by atoms with Crippen LogP contribution in [-0.4, -0.2) is 24.0 Å². The van der Waals surface area contributed by atoms with E-state index in [9.17, 15) is 9.59 Å². The Morgan fingerprint density at radius 2 is 1.51 bits per heavy atom. The van der Waals surface area contributed by atoms with Crippen LogP contribution < -0.4 is 5.32 Å². The zero-order valence-corrected chi connectivity index (χ0v) is 20.9. The molecule has 0 aliphatic rings. The van der Waals surface area contributed by atoms with Crippen molar-refractivity contribution in [1.82, 2.24) is 4.98 Å². The third kappa shape index (κ3) is 6.03. The molecule has 4 rings (SSSR count). The molecule has 1 aromatic heterocycles. The number of nitrogens with zero attached hydrogens (tertiary/aromatic N) is 1. The molecule has 1 heterocycles. The van der Waals surface area contributed by atoms with Crippen molar-refractivity contribution in [3.05, 3.63) is 95.6 Å². The van der Waals surface area contributed by atoms with E-state index in [1.807, 2.05) is 86.8 Å². The molecular weight excluding hydrogens is 456 g/mol. The first-order valence-electron chi connectivity index (χ1n) is 11.5. The Balaban J connectivity index is 1.36. The topological polar surface area (TPSA) is 68.3 Å². The van der Waals surface area contributed by atoms with Gasteiger partial charge in [-0.2, -0.15) is 0 Å². The molecule has 1 N–H and O–H groups in total. The molecule has 1 amide bonds. The molecule has 3 aromatic carbocycles. The number of carbonyl (C=O) groups excluding carboxylic acids is 2. The molecule has 0 saturated carbocycles. The quantitative estimate of drug-likeness (QED) is 0.277. The van der Waals surface area contributed by atoms with Crippen molar-refractivity contribution in [2.24, 2.45) is 5.41 Å². The number of benzene rings is 3. The van der Waals surface area contributed by atoms with Gasteiger partial charge in [-0.3, -0.25) is 9.59 Å². The summed E-state index contributed by atoms with van der Waals surface area (Å²) in [6.45, 7) is 3.77. The lowest BCUT2D eigenvalue weighted by molar-refractivity contribution is -0.151. The molecule has 178 valence electrons. The Morgan fingerprint density at radius 1 is 0.886 bits per heavy atom. The minimum atomic E-state index is -0.544. The number of hydrogen-bond donors (Lipinski definition) is 1. The predicted octanol–water partition coefficient (Wildman–Crippen LogP) is 6.86. The highest BCUT2D eigenvalue weighted by Crippen LogP contribution is 2.30. The number of thiazole rings is 1. The number of ether oxygens (including phenoxy) is 1. The number of aryl methyl sites for hydroxylation is 1. The van der Waals surface area contributed by atoms with Crippen molar-refractivity contribution in [2.75, 3.05) is 12.4 Å². The average molecular weight is 485 g/mol. The van der Waals surface area contributed by atoms with Crippen LogP contribution in [0.15, 0.2) is 85.1 Å². The Kier molecular flexibility index (Phi) is 7.42. The van der Waals surface area contributed by atoms with Crippen LogP contribution in [0.2, 0.25) is 0 Å². The molecule has 0 radical (unpaired) electrons. The third-order valence-corrected chi connectivity index (χ3v) is 7.04. The van der Waals surface area contributed by atoms with Gasteiger partial charge in [0.1, 0.15) is 0 Å². The lowest BCUT2D eigenvalue weighted by Gasteiger charge is -2.20. The average Bonchev–Trinajstić information content (AvgIpc) is 3.37. The van der Waals surface area contributed by atoms with Crippen molar-refractivity contribution >= 4 is 28.9 Å². The lowest BCUT2D eigenvalue weighted by atomic mass is 9.88. The van der Waals surface area contributed by atoms with Gasteiger partial charge in [-0.25, -0.2) is 4.98 Å². The van der Waals surface area contributed by atoms with Gasteiger partial charge in [-0.05, 0) is 61.2 Å². The van der Waals surface area contributed by atoms with Gasteiger partial charge in [-0.15, -0.1) is 11.3 Å². The number of nitrogens with one attached hydrogen (secondary N) is 1. The summed E-state index contributed by atoms with van der Waals surface area (Å²) in [4.78, 5) is 30.1. The maximum absolute atomic E-state index is 12.7. The smallest absolute Gasteiger partial charge is 0.311 e. The molecule has 0 atom stereocenters. The summed E-state index contributed by atoms with van der Waals surface area (Å²) in [5.74, 6) is -0.366. The van der Waals surface area contributed by atoms with Gasteiger partial charge in [0.2, 0.25) is 0 Å². The SMILES string of the molecule is COC(=O)C(C)(C)CCc1ncc(-c2ccc(C(=O)Nc3ccc(-c4ccccc4)cc3)cc2)s1. The van der Waals surface area contributed by atoms with Crippen LogP contribution in [0.5, 0.6) is 0 Å². The highest BCUT2D eigenvalue weighted by Gasteiger charge is 2.28. The van der Waals surface area contributed by atoms with Crippen LogP contribution >= 0.6 is 11.3 Å². The first kappa shape index (κ1) is 24.4. The monoisotopic (exact) mass is 484 g/mol. The third-order valence-electron chi connectivity index (χ3n) is 5.94. The number of amides is 1. The molecule has 0 aliphatic carbocycles. The van der Waals surface area contributed by atoms with E-state index < -0.39 is 5.41 Å². The molecule has 5 nitrogen and oxygen atoms in total. The van der Waals surface area contributed by atoms with E-state index in [-0.39, 0.29) is 11.9 Å². The van der Waals surface area contributed by atoms with E-state index in [0.29, 0.717) is 18.4 Å². The van der Waals surface area contributed by atoms with Crippen LogP contribution in [0, 0.1) is 5.41 Å². The molecule has 0 fully saturated rings. The number of carbonyl (C=O) groups is 2. The molecule has 0 unspecified atom stereocenters. The molecule has 4 aromatic rings. The normalized spacial score (nSPS) is 11.2. The van der Waals surface area contributed by atoms with Crippen molar-refractivity contribution in [2.45, 2.75) is 26.7 Å². The van der Waals surface area contributed by atoms with Gasteiger partial charge in [0.15, 0.2) is 0 Å². The van der Waals surface area contributed by atoms with Gasteiger partial charge >= 0.3 is 5.97 Å². The minimum absolute atomic E-state index is 0.154. The van der Waals surface area contributed by atoms with Crippen LogP contribution in [-0.2, 0) is 16.0 Å². The molecule has 0 saturated heterocycles. The number of rotatable bonds is 8. The Labute approximate surface area is 209 Å². The van der Waals surface area contributed by atoms with Crippen molar-refractivity contribution < 1.29 is 14.3 Å². The summed E-state index contributed by atoms with van der Waals surface area (Å²) in [6, 6.07) is 25.5. The van der Waals surface area contributed by atoms with Gasteiger partial charge < -0.3 is 10.1 Å². The summed E-state index contributed by atoms with van der Waals surface area (Å²) in [5.41, 5.74) is 4.04. The zero-order valence-electron chi connectivity index (χ0n) is 20.1. The van der Waals surface area contributed by atoms with Gasteiger partial charge in [0.25, 0.3) is 5.91 Å². The van der Waals surface area contributed by atoms with Gasteiger partial charge in [-0.1, -0.05) is 54.6 Å². The number of hydrogen-bond acceptors (Lipinski definition) is 5. The fourth-order valence-electron chi connectivity index (χ4n) is 3.72. The number of methoxy groups -OCH3 is 1. The van der Waals surface area contributed by atoms with Crippen LogP contribution in [0.25, 0.3) is 21.6 Å². The summed E-state index contributed by atoms with van der Waals surface area (Å²) in [5, 5.41) is 3.93. The minimum Gasteiger partial charge on any atom is -0.469 e. The largest absolute Gasteiger partial charge is 0.469 e. The molecular formula is C29H28N2O3S. The van der Waals surface area contributed by atoms with Crippen molar-refractivity contribution in [1.29, 1.82) is 0 Å². The molecule has 0 aliphatic heterocycles. The zero-order chi connectivity index (χ0) is 24.8. The van der Waals surface area contributed by atoms with Crippen molar-refractivity contribution in [3.8, 4) is 21.6 Å². The van der Waals surface area contributed by atoms with E-state index in [1.165, 1.54) is 7.11 Å². The van der Waals surface area contributed by atoms with E-state index in [4.69, 9.17) is 4.74 Å². The van der Waals surface area contributed by atoms with E-state index in [1.54, 1.807) is 11.3 Å². The Morgan fingerprint density at radius 3 is 2.17 bits per heavy atom.